The van der Waals surface area contributed by atoms with E-state index in [0.29, 0.717) is 0 Å². The molecule has 0 unspecified atom stereocenters. The van der Waals surface area contributed by atoms with Crippen LogP contribution in [0.25, 0.3) is 0 Å². The Bertz CT molecular complexity index is 284. The van der Waals surface area contributed by atoms with Crippen LogP contribution >= 0.6 is 0 Å². The van der Waals surface area contributed by atoms with Gasteiger partial charge in [0.25, 0.3) is 0 Å². The minimum Gasteiger partial charge on any atom is -0.550 e. The maximum atomic E-state index is 5.73. The number of rotatable bonds is 1. The van der Waals surface area contributed by atoms with Gasteiger partial charge in [0.1, 0.15) is 0 Å². The summed E-state index contributed by atoms with van der Waals surface area (Å²) in [5.74, 6) is 0. The third kappa shape index (κ3) is 2.52. The molecule has 2 heteroatoms. The van der Waals surface area contributed by atoms with Crippen LogP contribution in [0.5, 0.6) is 0 Å². The molecule has 1 fully saturated rings. The molecule has 0 amide bonds. The molecule has 68 valence electrons. The Morgan fingerprint density at radius 1 is 1.15 bits per heavy atom. The highest BCUT2D eigenvalue weighted by molar-refractivity contribution is 6.62. The molecule has 13 heavy (non-hydrogen) atoms. The molecule has 1 saturated heterocycles. The number of hydrogen-bond donors (Lipinski definition) is 0. The minimum absolute atomic E-state index is 0.625. The lowest BCUT2D eigenvalue weighted by molar-refractivity contribution is 0.301. The molecule has 0 radical (unpaired) electrons. The predicted octanol–water partition coefficient (Wildman–Crippen LogP) is 2.22. The molecule has 0 bridgehead atoms. The summed E-state index contributed by atoms with van der Waals surface area (Å²) in [6.07, 6.45) is 2.59. The zero-order chi connectivity index (χ0) is 8.93. The maximum absolute atomic E-state index is 5.73. The van der Waals surface area contributed by atoms with Gasteiger partial charge in [0, 0.05) is 0 Å². The van der Waals surface area contributed by atoms with Gasteiger partial charge in [-0.05, 0) is 30.1 Å². The molecule has 1 nitrogen and oxygen atoms in total. The van der Waals surface area contributed by atoms with Crippen LogP contribution in [0.2, 0.25) is 6.04 Å². The SMILES string of the molecule is C(/c1ccccc1)=[Si]1/CCCCO1. The van der Waals surface area contributed by atoms with Crippen molar-refractivity contribution in [2.24, 2.45) is 0 Å². The van der Waals surface area contributed by atoms with Gasteiger partial charge < -0.3 is 4.43 Å². The highest BCUT2D eigenvalue weighted by atomic mass is 28.3. The zero-order valence-electron chi connectivity index (χ0n) is 7.70. The van der Waals surface area contributed by atoms with Crippen LogP contribution in [0.4, 0.5) is 0 Å². The van der Waals surface area contributed by atoms with Crippen molar-refractivity contribution in [3.05, 3.63) is 35.9 Å². The van der Waals surface area contributed by atoms with Crippen LogP contribution in [-0.4, -0.2) is 20.9 Å². The van der Waals surface area contributed by atoms with Crippen LogP contribution in [0, 0.1) is 0 Å². The van der Waals surface area contributed by atoms with E-state index in [9.17, 15) is 0 Å². The van der Waals surface area contributed by atoms with E-state index in [1.165, 1.54) is 24.4 Å². The van der Waals surface area contributed by atoms with Crippen molar-refractivity contribution in [1.82, 2.24) is 0 Å². The second kappa shape index (κ2) is 4.37. The lowest BCUT2D eigenvalue weighted by Crippen LogP contribution is -2.17. The van der Waals surface area contributed by atoms with Gasteiger partial charge in [-0.25, -0.2) is 0 Å². The Morgan fingerprint density at radius 3 is 2.69 bits per heavy atom. The van der Waals surface area contributed by atoms with Crippen LogP contribution < -0.4 is 0 Å². The van der Waals surface area contributed by atoms with Crippen molar-refractivity contribution in [3.8, 4) is 0 Å². The van der Waals surface area contributed by atoms with E-state index >= 15 is 0 Å². The first-order chi connectivity index (χ1) is 6.45. The van der Waals surface area contributed by atoms with Gasteiger partial charge in [-0.3, -0.25) is 0 Å². The molecule has 1 aliphatic heterocycles. The average molecular weight is 190 g/mol. The first-order valence-corrected chi connectivity index (χ1v) is 6.53. The Morgan fingerprint density at radius 2 is 2.00 bits per heavy atom. The summed E-state index contributed by atoms with van der Waals surface area (Å²) >= 11 is 0. The molecule has 0 spiro atoms. The topological polar surface area (TPSA) is 9.23 Å². The van der Waals surface area contributed by atoms with E-state index in [1.807, 2.05) is 0 Å². The molecule has 1 aromatic rings. The van der Waals surface area contributed by atoms with Gasteiger partial charge in [0.15, 0.2) is 0 Å². The molecular formula is C11H14OSi. The maximum Gasteiger partial charge on any atom is 0.232 e. The Hall–Kier alpha value is -0.893. The fourth-order valence-electron chi connectivity index (χ4n) is 1.53. The second-order valence-electron chi connectivity index (χ2n) is 3.33. The normalized spacial score (nSPS) is 19.8. The van der Waals surface area contributed by atoms with E-state index in [2.05, 4.69) is 36.0 Å². The predicted molar refractivity (Wildman–Crippen MR) is 57.4 cm³/mol. The monoisotopic (exact) mass is 190 g/mol. The summed E-state index contributed by atoms with van der Waals surface area (Å²) in [6.45, 7) is 0.970. The number of hydrogen-bond acceptors (Lipinski definition) is 1. The summed E-state index contributed by atoms with van der Waals surface area (Å²) in [5, 5.41) is 0. The molecule has 0 atom stereocenters. The largest absolute Gasteiger partial charge is 0.550 e. The third-order valence-corrected chi connectivity index (χ3v) is 4.31. The molecule has 0 aliphatic carbocycles. The lowest BCUT2D eigenvalue weighted by atomic mass is 10.2. The van der Waals surface area contributed by atoms with Crippen molar-refractivity contribution in [2.75, 3.05) is 6.61 Å². The van der Waals surface area contributed by atoms with Gasteiger partial charge in [-0.2, -0.15) is 0 Å². The molecular weight excluding hydrogens is 176 g/mol. The smallest absolute Gasteiger partial charge is 0.232 e. The fourth-order valence-corrected chi connectivity index (χ4v) is 3.47. The highest BCUT2D eigenvalue weighted by Crippen LogP contribution is 2.07. The van der Waals surface area contributed by atoms with Crippen LogP contribution in [0.1, 0.15) is 18.4 Å². The summed E-state index contributed by atoms with van der Waals surface area (Å²) in [4.78, 5) is 0. The molecule has 0 N–H and O–H groups in total. The highest BCUT2D eigenvalue weighted by Gasteiger charge is 2.06. The fraction of sp³-hybridized carbons (Fsp3) is 0.364. The summed E-state index contributed by atoms with van der Waals surface area (Å²) in [7, 11) is -0.625. The van der Waals surface area contributed by atoms with Crippen molar-refractivity contribution in [1.29, 1.82) is 0 Å². The Balaban J connectivity index is 2.10. The first kappa shape index (κ1) is 8.69. The lowest BCUT2D eigenvalue weighted by Gasteiger charge is -2.14. The van der Waals surface area contributed by atoms with Gasteiger partial charge in [0.2, 0.25) is 8.65 Å². The van der Waals surface area contributed by atoms with E-state index in [4.69, 9.17) is 4.43 Å². The molecule has 0 saturated carbocycles. The summed E-state index contributed by atoms with van der Waals surface area (Å²) < 4.78 is 5.73. The van der Waals surface area contributed by atoms with E-state index < -0.39 is 8.65 Å². The third-order valence-electron chi connectivity index (χ3n) is 2.23. The van der Waals surface area contributed by atoms with Crippen LogP contribution in [0.15, 0.2) is 30.3 Å². The molecule has 1 heterocycles. The van der Waals surface area contributed by atoms with Crippen molar-refractivity contribution < 1.29 is 4.43 Å². The van der Waals surface area contributed by atoms with Crippen molar-refractivity contribution in [3.63, 3.8) is 0 Å². The Labute approximate surface area is 80.7 Å². The van der Waals surface area contributed by atoms with E-state index in [1.54, 1.807) is 0 Å². The van der Waals surface area contributed by atoms with Gasteiger partial charge in [-0.1, -0.05) is 30.3 Å². The first-order valence-electron chi connectivity index (χ1n) is 4.83. The van der Waals surface area contributed by atoms with Crippen molar-refractivity contribution >= 4 is 14.3 Å². The van der Waals surface area contributed by atoms with Gasteiger partial charge in [-0.15, -0.1) is 0 Å². The van der Waals surface area contributed by atoms with Crippen LogP contribution in [0.3, 0.4) is 0 Å². The van der Waals surface area contributed by atoms with E-state index in [0.717, 1.165) is 6.61 Å². The van der Waals surface area contributed by atoms with Gasteiger partial charge in [0.05, 0.1) is 6.61 Å². The second-order valence-corrected chi connectivity index (χ2v) is 5.34. The zero-order valence-corrected chi connectivity index (χ0v) is 8.70. The van der Waals surface area contributed by atoms with E-state index in [-0.39, 0.29) is 0 Å². The van der Waals surface area contributed by atoms with Crippen LogP contribution in [-0.2, 0) is 4.43 Å². The quantitative estimate of drug-likeness (QED) is 0.617. The molecule has 1 aromatic carbocycles. The molecule has 2 rings (SSSR count). The van der Waals surface area contributed by atoms with Gasteiger partial charge >= 0.3 is 0 Å². The Kier molecular flexibility index (Phi) is 2.92. The minimum atomic E-state index is -0.625. The summed E-state index contributed by atoms with van der Waals surface area (Å²) in [6, 6.07) is 11.8. The number of benzene rings is 1. The average Bonchev–Trinajstić information content (AvgIpc) is 2.21. The molecule has 0 aromatic heterocycles. The summed E-state index contributed by atoms with van der Waals surface area (Å²) in [5.41, 5.74) is 3.64. The van der Waals surface area contributed by atoms with Crippen molar-refractivity contribution in [2.45, 2.75) is 18.9 Å². The standard InChI is InChI=1S/C11H14OSi/c1-2-6-11(7-3-1)10-13-9-5-4-8-12-13/h1-3,6-7,10H,4-5,8-9H2/b13-10+. The molecule has 1 aliphatic rings.